The van der Waals surface area contributed by atoms with E-state index < -0.39 is 0 Å². The zero-order chi connectivity index (χ0) is 19.5. The molecule has 0 radical (unpaired) electrons. The highest BCUT2D eigenvalue weighted by Crippen LogP contribution is 2.28. The standard InChI is InChI=1S/C20H31N3O3S/c1-3-26-19(24)11-5-4-8-12-21-20(25)23-15-13-22(14-16-23)17-9-6-7-10-18(17)27-2/h6-7,9-10H,3-5,8,11-16H2,1-2H3,(H,21,25). The van der Waals surface area contributed by atoms with E-state index in [2.05, 4.69) is 40.7 Å². The molecule has 1 heterocycles. The van der Waals surface area contributed by atoms with Crippen LogP contribution in [0.5, 0.6) is 0 Å². The number of para-hydroxylation sites is 1. The Hall–Kier alpha value is -1.89. The van der Waals surface area contributed by atoms with Crippen molar-refractivity contribution in [2.75, 3.05) is 50.5 Å². The fraction of sp³-hybridized carbons (Fsp3) is 0.600. The van der Waals surface area contributed by atoms with Crippen molar-refractivity contribution in [3.63, 3.8) is 0 Å². The van der Waals surface area contributed by atoms with Gasteiger partial charge >= 0.3 is 12.0 Å². The molecule has 0 saturated carbocycles. The molecule has 0 bridgehead atoms. The van der Waals surface area contributed by atoms with Crippen LogP contribution in [0.2, 0.25) is 0 Å². The highest BCUT2D eigenvalue weighted by atomic mass is 32.2. The maximum atomic E-state index is 12.3. The number of hydrogen-bond acceptors (Lipinski definition) is 5. The number of urea groups is 1. The second kappa shape index (κ2) is 11.7. The topological polar surface area (TPSA) is 61.9 Å². The van der Waals surface area contributed by atoms with Gasteiger partial charge < -0.3 is 19.9 Å². The average molecular weight is 394 g/mol. The summed E-state index contributed by atoms with van der Waals surface area (Å²) in [6, 6.07) is 8.43. The van der Waals surface area contributed by atoms with Crippen molar-refractivity contribution >= 4 is 29.4 Å². The molecule has 7 heteroatoms. The SMILES string of the molecule is CCOC(=O)CCCCCNC(=O)N1CCN(c2ccccc2SC)CC1. The molecule has 2 rings (SSSR count). The van der Waals surface area contributed by atoms with Gasteiger partial charge in [0.15, 0.2) is 0 Å². The minimum atomic E-state index is -0.137. The van der Waals surface area contributed by atoms with Crippen molar-refractivity contribution in [2.45, 2.75) is 37.5 Å². The van der Waals surface area contributed by atoms with E-state index in [4.69, 9.17) is 4.74 Å². The van der Waals surface area contributed by atoms with Gasteiger partial charge in [-0.15, -0.1) is 11.8 Å². The third-order valence-electron chi connectivity index (χ3n) is 4.63. The van der Waals surface area contributed by atoms with E-state index in [1.54, 1.807) is 11.8 Å². The monoisotopic (exact) mass is 393 g/mol. The van der Waals surface area contributed by atoms with E-state index in [-0.39, 0.29) is 12.0 Å². The number of nitrogens with one attached hydrogen (secondary N) is 1. The molecule has 1 fully saturated rings. The number of amides is 2. The lowest BCUT2D eigenvalue weighted by atomic mass is 10.2. The Bertz CT molecular complexity index is 604. The smallest absolute Gasteiger partial charge is 0.317 e. The molecular formula is C20H31N3O3S. The number of thioether (sulfide) groups is 1. The van der Waals surface area contributed by atoms with Crippen LogP contribution in [0.25, 0.3) is 0 Å². The van der Waals surface area contributed by atoms with Crippen LogP contribution in [0.15, 0.2) is 29.2 Å². The van der Waals surface area contributed by atoms with Gasteiger partial charge in [-0.2, -0.15) is 0 Å². The van der Waals surface area contributed by atoms with Gasteiger partial charge in [0.05, 0.1) is 12.3 Å². The van der Waals surface area contributed by atoms with Gasteiger partial charge in [-0.1, -0.05) is 18.6 Å². The number of esters is 1. The lowest BCUT2D eigenvalue weighted by Gasteiger charge is -2.36. The van der Waals surface area contributed by atoms with Crippen molar-refractivity contribution in [3.8, 4) is 0 Å². The molecule has 1 aromatic carbocycles. The van der Waals surface area contributed by atoms with Crippen molar-refractivity contribution in [1.82, 2.24) is 10.2 Å². The summed E-state index contributed by atoms with van der Waals surface area (Å²) < 4.78 is 4.90. The number of nitrogens with zero attached hydrogens (tertiary/aromatic N) is 2. The number of rotatable bonds is 9. The maximum absolute atomic E-state index is 12.3. The normalized spacial score (nSPS) is 14.1. The summed E-state index contributed by atoms with van der Waals surface area (Å²) in [6.07, 6.45) is 5.16. The van der Waals surface area contributed by atoms with Crippen LogP contribution < -0.4 is 10.2 Å². The molecule has 6 nitrogen and oxygen atoms in total. The third kappa shape index (κ3) is 6.97. The molecule has 1 aliphatic rings. The lowest BCUT2D eigenvalue weighted by Crippen LogP contribution is -2.52. The quantitative estimate of drug-likeness (QED) is 0.396. The van der Waals surface area contributed by atoms with Crippen LogP contribution >= 0.6 is 11.8 Å². The first kappa shape index (κ1) is 21.4. The zero-order valence-electron chi connectivity index (χ0n) is 16.4. The van der Waals surface area contributed by atoms with E-state index in [1.807, 2.05) is 11.8 Å². The fourth-order valence-electron chi connectivity index (χ4n) is 3.15. The average Bonchev–Trinajstić information content (AvgIpc) is 2.70. The molecule has 1 aromatic rings. The number of ether oxygens (including phenoxy) is 1. The van der Waals surface area contributed by atoms with Gasteiger partial charge in [-0.25, -0.2) is 4.79 Å². The van der Waals surface area contributed by atoms with Crippen LogP contribution in [-0.4, -0.2) is 62.5 Å². The summed E-state index contributed by atoms with van der Waals surface area (Å²) in [5.74, 6) is -0.137. The molecule has 1 saturated heterocycles. The Labute approximate surface area is 166 Å². The number of carbonyl (C=O) groups excluding carboxylic acids is 2. The fourth-order valence-corrected chi connectivity index (χ4v) is 3.77. The minimum absolute atomic E-state index is 0.0122. The summed E-state index contributed by atoms with van der Waals surface area (Å²) in [6.45, 7) is 6.07. The number of anilines is 1. The van der Waals surface area contributed by atoms with Gasteiger partial charge in [0.2, 0.25) is 0 Å². The van der Waals surface area contributed by atoms with Gasteiger partial charge in [0, 0.05) is 44.0 Å². The van der Waals surface area contributed by atoms with Gasteiger partial charge in [-0.05, 0) is 38.2 Å². The van der Waals surface area contributed by atoms with Crippen molar-refractivity contribution in [1.29, 1.82) is 0 Å². The first-order valence-corrected chi connectivity index (χ1v) is 10.9. The predicted molar refractivity (Wildman–Crippen MR) is 111 cm³/mol. The largest absolute Gasteiger partial charge is 0.466 e. The summed E-state index contributed by atoms with van der Waals surface area (Å²) in [5, 5.41) is 2.99. The second-order valence-electron chi connectivity index (χ2n) is 6.49. The van der Waals surface area contributed by atoms with Gasteiger partial charge in [0.1, 0.15) is 0 Å². The van der Waals surface area contributed by atoms with E-state index >= 15 is 0 Å². The van der Waals surface area contributed by atoms with Gasteiger partial charge in [0.25, 0.3) is 0 Å². The number of carbonyl (C=O) groups is 2. The Balaban J connectivity index is 1.63. The van der Waals surface area contributed by atoms with Crippen molar-refractivity contribution in [3.05, 3.63) is 24.3 Å². The Morgan fingerprint density at radius 1 is 1.11 bits per heavy atom. The minimum Gasteiger partial charge on any atom is -0.466 e. The van der Waals surface area contributed by atoms with Crippen LogP contribution in [0.3, 0.4) is 0 Å². The first-order valence-electron chi connectivity index (χ1n) is 9.72. The molecule has 0 atom stereocenters. The van der Waals surface area contributed by atoms with E-state index in [1.165, 1.54) is 10.6 Å². The zero-order valence-corrected chi connectivity index (χ0v) is 17.2. The van der Waals surface area contributed by atoms with Crippen molar-refractivity contribution < 1.29 is 14.3 Å². The summed E-state index contributed by atoms with van der Waals surface area (Å²) in [7, 11) is 0. The first-order chi connectivity index (χ1) is 13.2. The summed E-state index contributed by atoms with van der Waals surface area (Å²) >= 11 is 1.75. The molecule has 0 unspecified atom stereocenters. The van der Waals surface area contributed by atoms with Crippen LogP contribution in [-0.2, 0) is 9.53 Å². The Kier molecular flexibility index (Phi) is 9.31. The van der Waals surface area contributed by atoms with Crippen molar-refractivity contribution in [2.24, 2.45) is 0 Å². The number of piperazine rings is 1. The summed E-state index contributed by atoms with van der Waals surface area (Å²) in [4.78, 5) is 29.1. The number of hydrogen-bond donors (Lipinski definition) is 1. The molecule has 150 valence electrons. The highest BCUT2D eigenvalue weighted by molar-refractivity contribution is 7.98. The maximum Gasteiger partial charge on any atom is 0.317 e. The molecular weight excluding hydrogens is 362 g/mol. The molecule has 27 heavy (non-hydrogen) atoms. The molecule has 1 N–H and O–H groups in total. The Morgan fingerprint density at radius 3 is 2.56 bits per heavy atom. The second-order valence-corrected chi connectivity index (χ2v) is 7.34. The molecule has 2 amide bonds. The van der Waals surface area contributed by atoms with Gasteiger partial charge in [-0.3, -0.25) is 4.79 Å². The molecule has 0 aliphatic carbocycles. The lowest BCUT2D eigenvalue weighted by molar-refractivity contribution is -0.143. The third-order valence-corrected chi connectivity index (χ3v) is 5.42. The van der Waals surface area contributed by atoms with E-state index in [0.717, 1.165) is 45.4 Å². The Morgan fingerprint density at radius 2 is 1.85 bits per heavy atom. The highest BCUT2D eigenvalue weighted by Gasteiger charge is 2.22. The number of unbranched alkanes of at least 4 members (excludes halogenated alkanes) is 2. The number of benzene rings is 1. The predicted octanol–water partition coefficient (Wildman–Crippen LogP) is 3.36. The van der Waals surface area contributed by atoms with Crippen LogP contribution in [0.1, 0.15) is 32.6 Å². The van der Waals surface area contributed by atoms with Crippen LogP contribution in [0, 0.1) is 0 Å². The van der Waals surface area contributed by atoms with Crippen LogP contribution in [0.4, 0.5) is 10.5 Å². The summed E-state index contributed by atoms with van der Waals surface area (Å²) in [5.41, 5.74) is 1.26. The van der Waals surface area contributed by atoms with E-state index in [9.17, 15) is 9.59 Å². The van der Waals surface area contributed by atoms with E-state index in [0.29, 0.717) is 19.6 Å². The molecule has 1 aliphatic heterocycles. The molecule has 0 spiro atoms. The molecule has 0 aromatic heterocycles.